The van der Waals surface area contributed by atoms with E-state index in [2.05, 4.69) is 48.5 Å². The largest absolute Gasteiger partial charge is 0.448 e. The van der Waals surface area contributed by atoms with Crippen molar-refractivity contribution in [3.8, 4) is 11.1 Å². The van der Waals surface area contributed by atoms with Crippen LogP contribution in [0, 0.1) is 5.92 Å². The Balaban J connectivity index is 1.18. The van der Waals surface area contributed by atoms with E-state index in [0.29, 0.717) is 32.7 Å². The van der Waals surface area contributed by atoms with Crippen LogP contribution in [0.3, 0.4) is 0 Å². The van der Waals surface area contributed by atoms with Crippen LogP contribution in [0.15, 0.2) is 48.5 Å². The maximum Gasteiger partial charge on any atom is 0.410 e. The molecule has 1 N–H and O–H groups in total. The molecule has 2 aromatic rings. The highest BCUT2D eigenvalue weighted by molar-refractivity contribution is 5.79. The summed E-state index contributed by atoms with van der Waals surface area (Å²) in [7, 11) is 0. The number of benzene rings is 2. The fraction of sp³-hybridized carbons (Fsp3) is 0.480. The number of hydrogen-bond acceptors (Lipinski definition) is 4. The van der Waals surface area contributed by atoms with Gasteiger partial charge in [-0.3, -0.25) is 0 Å². The maximum absolute atomic E-state index is 13.1. The van der Waals surface area contributed by atoms with Gasteiger partial charge in [-0.25, -0.2) is 4.79 Å². The second kappa shape index (κ2) is 6.82. The molecule has 0 aromatic heterocycles. The molecule has 0 saturated carbocycles. The number of carbonyl (C=O) groups is 1. The minimum atomic E-state index is -0.690. The SMILES string of the molecule is O=C(OCC1c2ccccc2-c2ccccc21)N1C2CCC1CC(O)(C1COC1)C2. The predicted octanol–water partition coefficient (Wildman–Crippen LogP) is 3.94. The molecule has 1 amide bonds. The van der Waals surface area contributed by atoms with Crippen molar-refractivity contribution in [2.24, 2.45) is 5.92 Å². The van der Waals surface area contributed by atoms with Crippen LogP contribution >= 0.6 is 0 Å². The first-order chi connectivity index (χ1) is 14.6. The predicted molar refractivity (Wildman–Crippen MR) is 112 cm³/mol. The van der Waals surface area contributed by atoms with Gasteiger partial charge in [0.05, 0.1) is 18.8 Å². The highest BCUT2D eigenvalue weighted by Crippen LogP contribution is 2.47. The number of piperidine rings is 1. The topological polar surface area (TPSA) is 59.0 Å². The molecule has 2 unspecified atom stereocenters. The number of aliphatic hydroxyl groups is 1. The van der Waals surface area contributed by atoms with Crippen LogP contribution in [0.25, 0.3) is 11.1 Å². The zero-order chi connectivity index (χ0) is 20.3. The van der Waals surface area contributed by atoms with E-state index in [1.165, 1.54) is 22.3 Å². The van der Waals surface area contributed by atoms with Gasteiger partial charge < -0.3 is 19.5 Å². The van der Waals surface area contributed by atoms with Crippen molar-refractivity contribution in [2.45, 2.75) is 49.3 Å². The Morgan fingerprint density at radius 1 is 1.00 bits per heavy atom. The lowest BCUT2D eigenvalue weighted by molar-refractivity contribution is -0.173. The molecular formula is C25H27NO4. The van der Waals surface area contributed by atoms with Gasteiger partial charge in [-0.05, 0) is 47.9 Å². The van der Waals surface area contributed by atoms with Gasteiger partial charge in [0, 0.05) is 23.9 Å². The first kappa shape index (κ1) is 18.4. The van der Waals surface area contributed by atoms with Gasteiger partial charge in [0.15, 0.2) is 0 Å². The Morgan fingerprint density at radius 3 is 2.10 bits per heavy atom. The fourth-order valence-corrected chi connectivity index (χ4v) is 6.11. The minimum Gasteiger partial charge on any atom is -0.448 e. The van der Waals surface area contributed by atoms with E-state index in [9.17, 15) is 9.90 Å². The van der Waals surface area contributed by atoms with Crippen molar-refractivity contribution < 1.29 is 19.4 Å². The van der Waals surface area contributed by atoms with Gasteiger partial charge in [0.25, 0.3) is 0 Å². The molecule has 4 aliphatic rings. The molecule has 2 atom stereocenters. The number of fused-ring (bicyclic) bond motifs is 5. The van der Waals surface area contributed by atoms with Gasteiger partial charge in [-0.1, -0.05) is 48.5 Å². The van der Waals surface area contributed by atoms with Crippen LogP contribution in [-0.4, -0.2) is 53.6 Å². The monoisotopic (exact) mass is 405 g/mol. The molecule has 5 heteroatoms. The van der Waals surface area contributed by atoms with Gasteiger partial charge in [0.1, 0.15) is 6.61 Å². The van der Waals surface area contributed by atoms with Gasteiger partial charge in [-0.15, -0.1) is 0 Å². The van der Waals surface area contributed by atoms with E-state index in [0.717, 1.165) is 12.8 Å². The number of rotatable bonds is 3. The zero-order valence-electron chi connectivity index (χ0n) is 17.0. The molecule has 5 nitrogen and oxygen atoms in total. The molecule has 3 saturated heterocycles. The first-order valence-corrected chi connectivity index (χ1v) is 11.1. The molecule has 2 aromatic carbocycles. The second-order valence-corrected chi connectivity index (χ2v) is 9.34. The van der Waals surface area contributed by atoms with Gasteiger partial charge >= 0.3 is 6.09 Å². The minimum absolute atomic E-state index is 0.0741. The third-order valence-corrected chi connectivity index (χ3v) is 7.74. The van der Waals surface area contributed by atoms with Crippen molar-refractivity contribution in [3.63, 3.8) is 0 Å². The van der Waals surface area contributed by atoms with Crippen LogP contribution in [0.1, 0.15) is 42.7 Å². The Morgan fingerprint density at radius 2 is 1.57 bits per heavy atom. The third kappa shape index (κ3) is 2.72. The molecule has 156 valence electrons. The Labute approximate surface area is 176 Å². The Hall–Kier alpha value is -2.37. The van der Waals surface area contributed by atoms with Crippen LogP contribution in [-0.2, 0) is 9.47 Å². The third-order valence-electron chi connectivity index (χ3n) is 7.74. The average Bonchev–Trinajstić information content (AvgIpc) is 3.17. The van der Waals surface area contributed by atoms with Crippen molar-refractivity contribution in [1.82, 2.24) is 4.90 Å². The molecule has 3 aliphatic heterocycles. The molecule has 30 heavy (non-hydrogen) atoms. The fourth-order valence-electron chi connectivity index (χ4n) is 6.11. The van der Waals surface area contributed by atoms with Crippen molar-refractivity contribution in [3.05, 3.63) is 59.7 Å². The number of amides is 1. The maximum atomic E-state index is 13.1. The van der Waals surface area contributed by atoms with Crippen LogP contribution in [0.5, 0.6) is 0 Å². The lowest BCUT2D eigenvalue weighted by atomic mass is 9.75. The van der Waals surface area contributed by atoms with Crippen molar-refractivity contribution in [1.29, 1.82) is 0 Å². The summed E-state index contributed by atoms with van der Waals surface area (Å²) in [5, 5.41) is 11.1. The summed E-state index contributed by atoms with van der Waals surface area (Å²) in [5.74, 6) is 0.290. The van der Waals surface area contributed by atoms with E-state index in [1.807, 2.05) is 4.90 Å². The molecule has 0 spiro atoms. The molecule has 3 fully saturated rings. The van der Waals surface area contributed by atoms with Crippen LogP contribution < -0.4 is 0 Å². The number of ether oxygens (including phenoxy) is 2. The summed E-state index contributed by atoms with van der Waals surface area (Å²) in [4.78, 5) is 15.0. The molecule has 3 heterocycles. The Kier molecular flexibility index (Phi) is 4.19. The average molecular weight is 405 g/mol. The highest BCUT2D eigenvalue weighted by Gasteiger charge is 2.54. The molecule has 6 rings (SSSR count). The van der Waals surface area contributed by atoms with Crippen LogP contribution in [0.4, 0.5) is 4.79 Å². The van der Waals surface area contributed by atoms with E-state index < -0.39 is 5.60 Å². The number of hydrogen-bond donors (Lipinski definition) is 1. The normalized spacial score (nSPS) is 30.0. The Bertz CT molecular complexity index is 925. The van der Waals surface area contributed by atoms with E-state index in [-0.39, 0.29) is 30.0 Å². The molecule has 0 radical (unpaired) electrons. The molecular weight excluding hydrogens is 378 g/mol. The lowest BCUT2D eigenvalue weighted by Gasteiger charge is -2.49. The highest BCUT2D eigenvalue weighted by atomic mass is 16.6. The first-order valence-electron chi connectivity index (χ1n) is 11.1. The smallest absolute Gasteiger partial charge is 0.410 e. The number of carbonyl (C=O) groups excluding carboxylic acids is 1. The van der Waals surface area contributed by atoms with E-state index >= 15 is 0 Å². The summed E-state index contributed by atoms with van der Waals surface area (Å²) < 4.78 is 11.2. The zero-order valence-corrected chi connectivity index (χ0v) is 17.0. The van der Waals surface area contributed by atoms with E-state index in [4.69, 9.17) is 9.47 Å². The van der Waals surface area contributed by atoms with Crippen molar-refractivity contribution in [2.75, 3.05) is 19.8 Å². The quantitative estimate of drug-likeness (QED) is 0.840. The summed E-state index contributed by atoms with van der Waals surface area (Å²) >= 11 is 0. The number of nitrogens with zero attached hydrogens (tertiary/aromatic N) is 1. The van der Waals surface area contributed by atoms with E-state index in [1.54, 1.807) is 0 Å². The summed E-state index contributed by atoms with van der Waals surface area (Å²) in [6.07, 6.45) is 2.95. The molecule has 2 bridgehead atoms. The standard InChI is InChI=1S/C25H27NO4/c27-24(26-17-9-10-18(26)12-25(28,11-17)16-13-29-14-16)30-15-23-21-7-3-1-5-19(21)20-6-2-4-8-22(20)23/h1-8,16-18,23,28H,9-15H2. The van der Waals surface area contributed by atoms with Crippen LogP contribution in [0.2, 0.25) is 0 Å². The summed E-state index contributed by atoms with van der Waals surface area (Å²) in [6.45, 7) is 1.63. The lowest BCUT2D eigenvalue weighted by Crippen LogP contribution is -2.59. The van der Waals surface area contributed by atoms with Crippen molar-refractivity contribution >= 4 is 6.09 Å². The molecule has 1 aliphatic carbocycles. The summed E-state index contributed by atoms with van der Waals surface area (Å²) in [6, 6.07) is 16.9. The van der Waals surface area contributed by atoms with Gasteiger partial charge in [-0.2, -0.15) is 0 Å². The summed E-state index contributed by atoms with van der Waals surface area (Å²) in [5.41, 5.74) is 4.24. The second-order valence-electron chi connectivity index (χ2n) is 9.34. The van der Waals surface area contributed by atoms with Gasteiger partial charge in [0.2, 0.25) is 0 Å².